The van der Waals surface area contributed by atoms with E-state index in [2.05, 4.69) is 12.2 Å². The van der Waals surface area contributed by atoms with E-state index in [1.165, 1.54) is 70.8 Å². The van der Waals surface area contributed by atoms with Crippen LogP contribution in [0.1, 0.15) is 71.1 Å². The van der Waals surface area contributed by atoms with Gasteiger partial charge in [-0.1, -0.05) is 64.7 Å². The third kappa shape index (κ3) is 7.37. The first kappa shape index (κ1) is 12.0. The third-order valence-electron chi connectivity index (χ3n) is 3.15. The van der Waals surface area contributed by atoms with Crippen molar-refractivity contribution in [2.45, 2.75) is 77.2 Å². The highest BCUT2D eigenvalue weighted by Gasteiger charge is 2.18. The van der Waals surface area contributed by atoms with Crippen LogP contribution in [0.25, 0.3) is 0 Å². The molecule has 1 fully saturated rings. The van der Waals surface area contributed by atoms with Crippen molar-refractivity contribution >= 4 is 0 Å². The van der Waals surface area contributed by atoms with Gasteiger partial charge in [0, 0.05) is 12.6 Å². The van der Waals surface area contributed by atoms with Crippen molar-refractivity contribution in [2.24, 2.45) is 0 Å². The van der Waals surface area contributed by atoms with Gasteiger partial charge < -0.3 is 5.32 Å². The van der Waals surface area contributed by atoms with E-state index in [1.807, 2.05) is 0 Å². The van der Waals surface area contributed by atoms with E-state index in [4.69, 9.17) is 0 Å². The molecule has 0 aromatic carbocycles. The molecule has 1 saturated heterocycles. The Morgan fingerprint density at radius 2 is 1.36 bits per heavy atom. The summed E-state index contributed by atoms with van der Waals surface area (Å²) in [6, 6.07) is 0.902. The van der Waals surface area contributed by atoms with Gasteiger partial charge in [-0.05, 0) is 6.42 Å². The Labute approximate surface area is 89.7 Å². The Balaban J connectivity index is 1.63. The largest absolute Gasteiger partial charge is 0.311 e. The van der Waals surface area contributed by atoms with Crippen molar-refractivity contribution < 1.29 is 0 Å². The van der Waals surface area contributed by atoms with Crippen LogP contribution in [0.3, 0.4) is 0 Å². The number of hydrogen-bond donors (Lipinski definition) is 1. The molecule has 0 aromatic rings. The molecule has 14 heavy (non-hydrogen) atoms. The monoisotopic (exact) mass is 197 g/mol. The molecule has 1 unspecified atom stereocenters. The highest BCUT2D eigenvalue weighted by atomic mass is 15.1. The zero-order chi connectivity index (χ0) is 10.1. The van der Waals surface area contributed by atoms with Crippen LogP contribution in [0.5, 0.6) is 0 Å². The van der Waals surface area contributed by atoms with Crippen molar-refractivity contribution in [3.05, 3.63) is 0 Å². The SMILES string of the molecule is CCCCCCCCCCCC1CN1. The van der Waals surface area contributed by atoms with Crippen molar-refractivity contribution in [1.29, 1.82) is 0 Å². The lowest BCUT2D eigenvalue weighted by atomic mass is 10.1. The third-order valence-corrected chi connectivity index (χ3v) is 3.15. The summed E-state index contributed by atoms with van der Waals surface area (Å²) in [5, 5.41) is 3.36. The smallest absolute Gasteiger partial charge is 0.0193 e. The van der Waals surface area contributed by atoms with E-state index >= 15 is 0 Å². The molecule has 0 amide bonds. The second-order valence-electron chi connectivity index (χ2n) is 4.72. The van der Waals surface area contributed by atoms with Gasteiger partial charge in [-0.2, -0.15) is 0 Å². The van der Waals surface area contributed by atoms with E-state index in [9.17, 15) is 0 Å². The van der Waals surface area contributed by atoms with Crippen LogP contribution in [0.15, 0.2) is 0 Å². The average molecular weight is 197 g/mol. The summed E-state index contributed by atoms with van der Waals surface area (Å²) >= 11 is 0. The van der Waals surface area contributed by atoms with Gasteiger partial charge in [0.1, 0.15) is 0 Å². The normalized spacial score (nSPS) is 19.9. The van der Waals surface area contributed by atoms with Gasteiger partial charge in [-0.15, -0.1) is 0 Å². The summed E-state index contributed by atoms with van der Waals surface area (Å²) in [7, 11) is 0. The molecule has 0 spiro atoms. The molecule has 84 valence electrons. The summed E-state index contributed by atoms with van der Waals surface area (Å²) in [5.74, 6) is 0. The Hall–Kier alpha value is -0.0400. The fourth-order valence-electron chi connectivity index (χ4n) is 1.99. The minimum atomic E-state index is 0.902. The van der Waals surface area contributed by atoms with Gasteiger partial charge in [0.05, 0.1) is 0 Å². The van der Waals surface area contributed by atoms with E-state index in [-0.39, 0.29) is 0 Å². The number of nitrogens with one attached hydrogen (secondary N) is 1. The maximum absolute atomic E-state index is 3.36. The predicted octanol–water partition coefficient (Wildman–Crippen LogP) is 3.88. The topological polar surface area (TPSA) is 21.9 Å². The maximum Gasteiger partial charge on any atom is 0.0193 e. The molecule has 1 N–H and O–H groups in total. The molecule has 0 saturated carbocycles. The standard InChI is InChI=1S/C13H27N/c1-2-3-4-5-6-7-8-9-10-11-13-12-14-13/h13-14H,2-12H2,1H3. The summed E-state index contributed by atoms with van der Waals surface area (Å²) in [5.41, 5.74) is 0. The van der Waals surface area contributed by atoms with Gasteiger partial charge in [-0.25, -0.2) is 0 Å². The van der Waals surface area contributed by atoms with Crippen LogP contribution < -0.4 is 5.32 Å². The second-order valence-corrected chi connectivity index (χ2v) is 4.72. The highest BCUT2D eigenvalue weighted by Crippen LogP contribution is 2.13. The molecule has 1 atom stereocenters. The summed E-state index contributed by atoms with van der Waals surface area (Å²) in [6.07, 6.45) is 14.5. The predicted molar refractivity (Wildman–Crippen MR) is 63.6 cm³/mol. The fourth-order valence-corrected chi connectivity index (χ4v) is 1.99. The Morgan fingerprint density at radius 3 is 1.86 bits per heavy atom. The Morgan fingerprint density at radius 1 is 0.857 bits per heavy atom. The van der Waals surface area contributed by atoms with Crippen LogP contribution >= 0.6 is 0 Å². The van der Waals surface area contributed by atoms with Crippen LogP contribution in [0, 0.1) is 0 Å². The number of rotatable bonds is 10. The molecule has 1 heteroatoms. The molecule has 1 heterocycles. The van der Waals surface area contributed by atoms with Gasteiger partial charge in [0.15, 0.2) is 0 Å². The first-order chi connectivity index (χ1) is 6.93. The van der Waals surface area contributed by atoms with Crippen LogP contribution in [0.2, 0.25) is 0 Å². The second kappa shape index (κ2) is 8.28. The lowest BCUT2D eigenvalue weighted by Crippen LogP contribution is -1.89. The lowest BCUT2D eigenvalue weighted by molar-refractivity contribution is 0.555. The summed E-state index contributed by atoms with van der Waals surface area (Å²) in [6.45, 7) is 3.57. The molecule has 1 rings (SSSR count). The first-order valence-corrected chi connectivity index (χ1v) is 6.67. The molecule has 1 aliphatic rings. The van der Waals surface area contributed by atoms with Gasteiger partial charge in [0.2, 0.25) is 0 Å². The summed E-state index contributed by atoms with van der Waals surface area (Å²) < 4.78 is 0. The molecule has 0 aliphatic carbocycles. The zero-order valence-corrected chi connectivity index (χ0v) is 9.86. The van der Waals surface area contributed by atoms with Crippen LogP contribution in [-0.4, -0.2) is 12.6 Å². The molecule has 1 nitrogen and oxygen atoms in total. The fraction of sp³-hybridized carbons (Fsp3) is 1.00. The van der Waals surface area contributed by atoms with Gasteiger partial charge in [0.25, 0.3) is 0 Å². The minimum absolute atomic E-state index is 0.902. The van der Waals surface area contributed by atoms with Crippen molar-refractivity contribution in [3.63, 3.8) is 0 Å². The molecule has 0 radical (unpaired) electrons. The lowest BCUT2D eigenvalue weighted by Gasteiger charge is -2.01. The number of hydrogen-bond acceptors (Lipinski definition) is 1. The molecule has 1 aliphatic heterocycles. The average Bonchev–Trinajstić information content (AvgIpc) is 2.99. The minimum Gasteiger partial charge on any atom is -0.311 e. The van der Waals surface area contributed by atoms with Gasteiger partial charge in [-0.3, -0.25) is 0 Å². The quantitative estimate of drug-likeness (QED) is 0.416. The molecule has 0 bridgehead atoms. The van der Waals surface area contributed by atoms with E-state index in [0.29, 0.717) is 0 Å². The zero-order valence-electron chi connectivity index (χ0n) is 9.86. The van der Waals surface area contributed by atoms with Crippen LogP contribution in [-0.2, 0) is 0 Å². The summed E-state index contributed by atoms with van der Waals surface area (Å²) in [4.78, 5) is 0. The Bertz CT molecular complexity index is 118. The molecule has 0 aromatic heterocycles. The Kier molecular flexibility index (Phi) is 7.12. The van der Waals surface area contributed by atoms with Crippen molar-refractivity contribution in [2.75, 3.05) is 6.54 Å². The molecular formula is C13H27N. The van der Waals surface area contributed by atoms with Crippen molar-refractivity contribution in [1.82, 2.24) is 5.32 Å². The van der Waals surface area contributed by atoms with Crippen LogP contribution in [0.4, 0.5) is 0 Å². The highest BCUT2D eigenvalue weighted by molar-refractivity contribution is 4.82. The van der Waals surface area contributed by atoms with Crippen molar-refractivity contribution in [3.8, 4) is 0 Å². The molecular weight excluding hydrogens is 170 g/mol. The van der Waals surface area contributed by atoms with E-state index in [0.717, 1.165) is 6.04 Å². The van der Waals surface area contributed by atoms with Gasteiger partial charge >= 0.3 is 0 Å². The van der Waals surface area contributed by atoms with E-state index in [1.54, 1.807) is 0 Å². The first-order valence-electron chi connectivity index (χ1n) is 6.67. The maximum atomic E-state index is 3.36. The number of unbranched alkanes of at least 4 members (excludes halogenated alkanes) is 8. The van der Waals surface area contributed by atoms with E-state index < -0.39 is 0 Å².